The summed E-state index contributed by atoms with van der Waals surface area (Å²) in [5, 5.41) is 2.60. The maximum absolute atomic E-state index is 13.2. The second kappa shape index (κ2) is 6.87. The van der Waals surface area contributed by atoms with E-state index < -0.39 is 0 Å². The summed E-state index contributed by atoms with van der Waals surface area (Å²) in [6, 6.07) is 25.4. The number of para-hydroxylation sites is 1. The van der Waals surface area contributed by atoms with Crippen LogP contribution in [0, 0.1) is 6.92 Å². The van der Waals surface area contributed by atoms with Crippen molar-refractivity contribution in [1.82, 2.24) is 9.97 Å². The predicted molar refractivity (Wildman–Crippen MR) is 120 cm³/mol. The normalized spacial score (nSPS) is 11.2. The lowest BCUT2D eigenvalue weighted by molar-refractivity contribution is 1.27. The molecule has 0 bridgehead atoms. The average molecular weight is 397 g/mol. The van der Waals surface area contributed by atoms with E-state index in [4.69, 9.17) is 16.6 Å². The molecular formula is C25H17ClN2O. The van der Waals surface area contributed by atoms with E-state index in [2.05, 4.69) is 4.98 Å². The van der Waals surface area contributed by atoms with Crippen LogP contribution in [0.25, 0.3) is 44.2 Å². The number of nitrogens with one attached hydrogen (secondary N) is 1. The van der Waals surface area contributed by atoms with Crippen LogP contribution < -0.4 is 5.56 Å². The van der Waals surface area contributed by atoms with Crippen molar-refractivity contribution in [3.05, 3.63) is 99.8 Å². The monoisotopic (exact) mass is 396 g/mol. The third kappa shape index (κ3) is 3.00. The summed E-state index contributed by atoms with van der Waals surface area (Å²) >= 11 is 6.31. The molecule has 0 aliphatic heterocycles. The van der Waals surface area contributed by atoms with Crippen LogP contribution in [-0.4, -0.2) is 9.97 Å². The van der Waals surface area contributed by atoms with Gasteiger partial charge in [-0.3, -0.25) is 4.79 Å². The van der Waals surface area contributed by atoms with Gasteiger partial charge in [0.05, 0.1) is 16.8 Å². The summed E-state index contributed by atoms with van der Waals surface area (Å²) in [4.78, 5) is 21.1. The molecule has 5 rings (SSSR count). The predicted octanol–water partition coefficient (Wildman–Crippen LogP) is 6.37. The van der Waals surface area contributed by atoms with E-state index in [9.17, 15) is 4.79 Å². The Morgan fingerprint density at radius 1 is 0.828 bits per heavy atom. The highest BCUT2D eigenvalue weighted by Gasteiger charge is 2.18. The van der Waals surface area contributed by atoms with Gasteiger partial charge in [0, 0.05) is 26.9 Å². The highest BCUT2D eigenvalue weighted by molar-refractivity contribution is 6.31. The Balaban J connectivity index is 1.94. The molecule has 0 aliphatic rings. The smallest absolute Gasteiger partial charge is 0.258 e. The summed E-state index contributed by atoms with van der Waals surface area (Å²) in [6.45, 7) is 2.04. The Morgan fingerprint density at radius 3 is 2.41 bits per heavy atom. The number of benzene rings is 3. The quantitative estimate of drug-likeness (QED) is 0.376. The molecule has 0 fully saturated rings. The summed E-state index contributed by atoms with van der Waals surface area (Å²) in [7, 11) is 0. The van der Waals surface area contributed by atoms with Gasteiger partial charge in [0.1, 0.15) is 0 Å². The lowest BCUT2D eigenvalue weighted by atomic mass is 9.93. The number of pyridine rings is 2. The van der Waals surface area contributed by atoms with E-state index in [1.165, 1.54) is 0 Å². The Labute approximate surface area is 172 Å². The van der Waals surface area contributed by atoms with Crippen LogP contribution in [0.15, 0.2) is 83.7 Å². The van der Waals surface area contributed by atoms with Gasteiger partial charge in [-0.15, -0.1) is 0 Å². The standard InChI is InChI=1S/C25H17ClN2O/c1-15-13-22(27-20-10-6-5-9-18(15)20)24-23(16-7-3-2-4-8-16)19-14-17(26)11-12-21(19)28-25(24)29/h2-14H,1H3,(H,28,29). The summed E-state index contributed by atoms with van der Waals surface area (Å²) in [5.41, 5.74) is 5.54. The highest BCUT2D eigenvalue weighted by Crippen LogP contribution is 2.36. The molecule has 29 heavy (non-hydrogen) atoms. The van der Waals surface area contributed by atoms with Crippen molar-refractivity contribution in [3.63, 3.8) is 0 Å². The van der Waals surface area contributed by atoms with Crippen molar-refractivity contribution < 1.29 is 0 Å². The molecule has 2 aromatic heterocycles. The number of aryl methyl sites for hydroxylation is 1. The fourth-order valence-electron chi connectivity index (χ4n) is 3.89. The first-order chi connectivity index (χ1) is 14.1. The van der Waals surface area contributed by atoms with Gasteiger partial charge in [0.25, 0.3) is 5.56 Å². The lowest BCUT2D eigenvalue weighted by Crippen LogP contribution is -2.12. The van der Waals surface area contributed by atoms with Crippen LogP contribution >= 0.6 is 11.6 Å². The first-order valence-corrected chi connectivity index (χ1v) is 9.77. The van der Waals surface area contributed by atoms with Gasteiger partial charge in [-0.25, -0.2) is 4.98 Å². The van der Waals surface area contributed by atoms with Gasteiger partial charge in [0.2, 0.25) is 0 Å². The second-order valence-electron chi connectivity index (χ2n) is 7.10. The summed E-state index contributed by atoms with van der Waals surface area (Å²) in [5.74, 6) is 0. The van der Waals surface area contributed by atoms with Crippen LogP contribution in [0.4, 0.5) is 0 Å². The molecule has 5 aromatic rings. The number of aromatic nitrogens is 2. The molecule has 0 atom stereocenters. The number of aromatic amines is 1. The highest BCUT2D eigenvalue weighted by atomic mass is 35.5. The van der Waals surface area contributed by atoms with E-state index in [1.54, 1.807) is 6.07 Å². The molecule has 0 saturated heterocycles. The molecule has 0 saturated carbocycles. The first kappa shape index (κ1) is 17.7. The van der Waals surface area contributed by atoms with Crippen molar-refractivity contribution >= 4 is 33.4 Å². The minimum atomic E-state index is -0.166. The number of H-pyrrole nitrogens is 1. The molecule has 140 valence electrons. The fraction of sp³-hybridized carbons (Fsp3) is 0.0400. The minimum absolute atomic E-state index is 0.166. The van der Waals surface area contributed by atoms with E-state index in [0.717, 1.165) is 38.5 Å². The number of halogens is 1. The maximum Gasteiger partial charge on any atom is 0.258 e. The molecule has 2 heterocycles. The zero-order valence-corrected chi connectivity index (χ0v) is 16.5. The molecule has 0 amide bonds. The van der Waals surface area contributed by atoms with Crippen LogP contribution in [0.1, 0.15) is 5.56 Å². The number of fused-ring (bicyclic) bond motifs is 2. The molecule has 3 nitrogen and oxygen atoms in total. The SMILES string of the molecule is Cc1cc(-c2c(-c3ccccc3)c3cc(Cl)ccc3[nH]c2=O)nc2ccccc12. The van der Waals surface area contributed by atoms with Crippen LogP contribution in [-0.2, 0) is 0 Å². The molecule has 0 aliphatic carbocycles. The third-order valence-electron chi connectivity index (χ3n) is 5.22. The first-order valence-electron chi connectivity index (χ1n) is 9.39. The van der Waals surface area contributed by atoms with E-state index in [-0.39, 0.29) is 5.56 Å². The molecule has 0 unspecified atom stereocenters. The Morgan fingerprint density at radius 2 is 1.59 bits per heavy atom. The average Bonchev–Trinajstić information content (AvgIpc) is 2.74. The van der Waals surface area contributed by atoms with Crippen LogP contribution in [0.2, 0.25) is 5.02 Å². The number of hydrogen-bond acceptors (Lipinski definition) is 2. The van der Waals surface area contributed by atoms with Crippen molar-refractivity contribution in [2.24, 2.45) is 0 Å². The van der Waals surface area contributed by atoms with Crippen LogP contribution in [0.3, 0.4) is 0 Å². The summed E-state index contributed by atoms with van der Waals surface area (Å²) < 4.78 is 0. The molecule has 1 N–H and O–H groups in total. The lowest BCUT2D eigenvalue weighted by Gasteiger charge is -2.14. The largest absolute Gasteiger partial charge is 0.321 e. The van der Waals surface area contributed by atoms with Crippen molar-refractivity contribution in [2.75, 3.05) is 0 Å². The number of hydrogen-bond donors (Lipinski definition) is 1. The van der Waals surface area contributed by atoms with Crippen molar-refractivity contribution in [3.8, 4) is 22.4 Å². The maximum atomic E-state index is 13.2. The van der Waals surface area contributed by atoms with Gasteiger partial charge in [-0.05, 0) is 48.4 Å². The number of nitrogens with zero attached hydrogens (tertiary/aromatic N) is 1. The van der Waals surface area contributed by atoms with E-state index in [1.807, 2.05) is 79.7 Å². The van der Waals surface area contributed by atoms with E-state index >= 15 is 0 Å². The molecule has 0 radical (unpaired) electrons. The zero-order valence-electron chi connectivity index (χ0n) is 15.7. The van der Waals surface area contributed by atoms with Gasteiger partial charge in [-0.2, -0.15) is 0 Å². The van der Waals surface area contributed by atoms with Crippen molar-refractivity contribution in [2.45, 2.75) is 6.92 Å². The van der Waals surface area contributed by atoms with E-state index in [0.29, 0.717) is 16.3 Å². The summed E-state index contributed by atoms with van der Waals surface area (Å²) in [6.07, 6.45) is 0. The Kier molecular flexibility index (Phi) is 4.18. The van der Waals surface area contributed by atoms with Gasteiger partial charge < -0.3 is 4.98 Å². The van der Waals surface area contributed by atoms with Gasteiger partial charge in [0.15, 0.2) is 0 Å². The second-order valence-corrected chi connectivity index (χ2v) is 7.54. The van der Waals surface area contributed by atoms with Gasteiger partial charge in [-0.1, -0.05) is 60.1 Å². The van der Waals surface area contributed by atoms with Gasteiger partial charge >= 0.3 is 0 Å². The Bertz CT molecular complexity index is 1440. The number of rotatable bonds is 2. The molecule has 0 spiro atoms. The Hall–Kier alpha value is -3.43. The van der Waals surface area contributed by atoms with Crippen molar-refractivity contribution in [1.29, 1.82) is 0 Å². The molecular weight excluding hydrogens is 380 g/mol. The topological polar surface area (TPSA) is 45.8 Å². The van der Waals surface area contributed by atoms with Crippen LogP contribution in [0.5, 0.6) is 0 Å². The molecule has 3 aromatic carbocycles. The molecule has 4 heteroatoms. The zero-order chi connectivity index (χ0) is 20.0. The third-order valence-corrected chi connectivity index (χ3v) is 5.45. The fourth-order valence-corrected chi connectivity index (χ4v) is 4.06. The minimum Gasteiger partial charge on any atom is -0.321 e.